The molecule has 24 heavy (non-hydrogen) atoms. The van der Waals surface area contributed by atoms with Gasteiger partial charge in [0.25, 0.3) is 0 Å². The van der Waals surface area contributed by atoms with Crippen LogP contribution in [-0.2, 0) is 4.79 Å². The third-order valence-corrected chi connectivity index (χ3v) is 3.80. The maximum Gasteiger partial charge on any atom is 0.238 e. The first-order valence-corrected chi connectivity index (χ1v) is 8.01. The number of anilines is 1. The lowest BCUT2D eigenvalue weighted by Gasteiger charge is -2.23. The van der Waals surface area contributed by atoms with E-state index in [-0.39, 0.29) is 12.5 Å². The molecule has 0 aliphatic carbocycles. The SMILES string of the molecule is CCN(CC(=O)Nc1ccc(OC)cc1)C[C@H](O)c1ccccc1. The fourth-order valence-electron chi connectivity index (χ4n) is 2.41. The number of carbonyl (C=O) groups excluding carboxylic acids is 1. The number of amides is 1. The topological polar surface area (TPSA) is 61.8 Å². The fraction of sp³-hybridized carbons (Fsp3) is 0.316. The number of hydrogen-bond acceptors (Lipinski definition) is 4. The Hall–Kier alpha value is -2.37. The zero-order valence-corrected chi connectivity index (χ0v) is 14.1. The molecule has 2 rings (SSSR count). The number of nitrogens with one attached hydrogen (secondary N) is 1. The molecule has 0 aromatic heterocycles. The van der Waals surface area contributed by atoms with Gasteiger partial charge in [-0.25, -0.2) is 0 Å². The largest absolute Gasteiger partial charge is 0.497 e. The Balaban J connectivity index is 1.88. The van der Waals surface area contributed by atoms with Crippen LogP contribution in [0.1, 0.15) is 18.6 Å². The van der Waals surface area contributed by atoms with E-state index in [1.165, 1.54) is 0 Å². The number of ether oxygens (including phenoxy) is 1. The number of methoxy groups -OCH3 is 1. The van der Waals surface area contributed by atoms with Gasteiger partial charge in [0.15, 0.2) is 0 Å². The highest BCUT2D eigenvalue weighted by Gasteiger charge is 2.15. The normalized spacial score (nSPS) is 12.0. The molecule has 0 aliphatic heterocycles. The van der Waals surface area contributed by atoms with Crippen LogP contribution in [0.5, 0.6) is 5.75 Å². The van der Waals surface area contributed by atoms with Crippen LogP contribution < -0.4 is 10.1 Å². The highest BCUT2D eigenvalue weighted by molar-refractivity contribution is 5.92. The summed E-state index contributed by atoms with van der Waals surface area (Å²) in [6, 6.07) is 16.7. The number of hydrogen-bond donors (Lipinski definition) is 2. The van der Waals surface area contributed by atoms with Crippen molar-refractivity contribution in [2.24, 2.45) is 0 Å². The van der Waals surface area contributed by atoms with E-state index >= 15 is 0 Å². The van der Waals surface area contributed by atoms with Gasteiger partial charge in [0.2, 0.25) is 5.91 Å². The molecule has 0 heterocycles. The zero-order chi connectivity index (χ0) is 17.4. The number of carbonyl (C=O) groups is 1. The maximum absolute atomic E-state index is 12.2. The second-order valence-electron chi connectivity index (χ2n) is 5.53. The Morgan fingerprint density at radius 3 is 2.42 bits per heavy atom. The fourth-order valence-corrected chi connectivity index (χ4v) is 2.41. The lowest BCUT2D eigenvalue weighted by atomic mass is 10.1. The molecule has 1 amide bonds. The first-order valence-electron chi connectivity index (χ1n) is 8.01. The van der Waals surface area contributed by atoms with E-state index in [1.54, 1.807) is 31.4 Å². The predicted octanol–water partition coefficient (Wildman–Crippen LogP) is 2.69. The van der Waals surface area contributed by atoms with Gasteiger partial charge in [-0.15, -0.1) is 0 Å². The summed E-state index contributed by atoms with van der Waals surface area (Å²) in [5.41, 5.74) is 1.58. The Labute approximate surface area is 142 Å². The van der Waals surface area contributed by atoms with Crippen LogP contribution in [0.3, 0.4) is 0 Å². The third-order valence-electron chi connectivity index (χ3n) is 3.80. The van der Waals surface area contributed by atoms with Crippen molar-refractivity contribution in [3.8, 4) is 5.75 Å². The standard InChI is InChI=1S/C19H24N2O3/c1-3-21(13-18(22)15-7-5-4-6-8-15)14-19(23)20-16-9-11-17(24-2)12-10-16/h4-12,18,22H,3,13-14H2,1-2H3,(H,20,23)/t18-/m0/s1. The summed E-state index contributed by atoms with van der Waals surface area (Å²) in [5.74, 6) is 0.636. The Kier molecular flexibility index (Phi) is 6.78. The minimum atomic E-state index is -0.611. The molecule has 2 aromatic rings. The van der Waals surface area contributed by atoms with Crippen LogP contribution in [0, 0.1) is 0 Å². The van der Waals surface area contributed by atoms with Crippen molar-refractivity contribution in [1.29, 1.82) is 0 Å². The molecule has 0 unspecified atom stereocenters. The van der Waals surface area contributed by atoms with Gasteiger partial charge in [-0.3, -0.25) is 9.69 Å². The summed E-state index contributed by atoms with van der Waals surface area (Å²) in [4.78, 5) is 14.1. The minimum Gasteiger partial charge on any atom is -0.497 e. The van der Waals surface area contributed by atoms with E-state index in [0.29, 0.717) is 13.1 Å². The van der Waals surface area contributed by atoms with Crippen LogP contribution in [0.4, 0.5) is 5.69 Å². The molecule has 5 nitrogen and oxygen atoms in total. The highest BCUT2D eigenvalue weighted by Crippen LogP contribution is 2.16. The van der Waals surface area contributed by atoms with E-state index < -0.39 is 6.10 Å². The van der Waals surface area contributed by atoms with Gasteiger partial charge >= 0.3 is 0 Å². The number of nitrogens with zero attached hydrogens (tertiary/aromatic N) is 1. The van der Waals surface area contributed by atoms with Crippen molar-refractivity contribution in [2.75, 3.05) is 32.1 Å². The lowest BCUT2D eigenvalue weighted by Crippen LogP contribution is -2.36. The van der Waals surface area contributed by atoms with E-state index in [0.717, 1.165) is 17.0 Å². The van der Waals surface area contributed by atoms with Gasteiger partial charge in [-0.05, 0) is 36.4 Å². The molecule has 2 aromatic carbocycles. The van der Waals surface area contributed by atoms with Crippen LogP contribution in [0.2, 0.25) is 0 Å². The monoisotopic (exact) mass is 328 g/mol. The molecule has 0 radical (unpaired) electrons. The minimum absolute atomic E-state index is 0.109. The summed E-state index contributed by atoms with van der Waals surface area (Å²) in [6.45, 7) is 3.29. The molecular weight excluding hydrogens is 304 g/mol. The van der Waals surface area contributed by atoms with E-state index in [4.69, 9.17) is 4.74 Å². The molecule has 0 saturated carbocycles. The molecule has 0 fully saturated rings. The first kappa shape index (κ1) is 18.0. The third kappa shape index (κ3) is 5.37. The van der Waals surface area contributed by atoms with Crippen molar-refractivity contribution in [2.45, 2.75) is 13.0 Å². The van der Waals surface area contributed by atoms with Gasteiger partial charge in [-0.2, -0.15) is 0 Å². The number of likely N-dealkylation sites (N-methyl/N-ethyl adjacent to an activating group) is 1. The smallest absolute Gasteiger partial charge is 0.238 e. The zero-order valence-electron chi connectivity index (χ0n) is 14.1. The molecule has 128 valence electrons. The van der Waals surface area contributed by atoms with Gasteiger partial charge < -0.3 is 15.2 Å². The molecule has 0 spiro atoms. The van der Waals surface area contributed by atoms with Crippen molar-refractivity contribution >= 4 is 11.6 Å². The summed E-state index contributed by atoms with van der Waals surface area (Å²) < 4.78 is 5.09. The molecule has 5 heteroatoms. The second kappa shape index (κ2) is 9.05. The van der Waals surface area contributed by atoms with Crippen LogP contribution in [0.15, 0.2) is 54.6 Å². The van der Waals surface area contributed by atoms with Gasteiger partial charge in [0.05, 0.1) is 19.8 Å². The van der Waals surface area contributed by atoms with Crippen molar-refractivity contribution in [1.82, 2.24) is 4.90 Å². The van der Waals surface area contributed by atoms with Crippen molar-refractivity contribution in [3.05, 3.63) is 60.2 Å². The highest BCUT2D eigenvalue weighted by atomic mass is 16.5. The number of aliphatic hydroxyl groups is 1. The quantitative estimate of drug-likeness (QED) is 0.782. The summed E-state index contributed by atoms with van der Waals surface area (Å²) in [5, 5.41) is 13.1. The van der Waals surface area contributed by atoms with E-state index in [1.807, 2.05) is 42.2 Å². The Bertz CT molecular complexity index is 629. The first-order chi connectivity index (χ1) is 11.6. The summed E-state index contributed by atoms with van der Waals surface area (Å²) >= 11 is 0. The number of rotatable bonds is 8. The molecule has 1 atom stereocenters. The second-order valence-corrected chi connectivity index (χ2v) is 5.53. The van der Waals surface area contributed by atoms with Gasteiger partial charge in [0, 0.05) is 12.2 Å². The van der Waals surface area contributed by atoms with Gasteiger partial charge in [0.1, 0.15) is 5.75 Å². The molecule has 0 saturated heterocycles. The molecule has 0 bridgehead atoms. The average molecular weight is 328 g/mol. The average Bonchev–Trinajstić information content (AvgIpc) is 2.62. The Morgan fingerprint density at radius 1 is 1.17 bits per heavy atom. The predicted molar refractivity (Wildman–Crippen MR) is 95.1 cm³/mol. The van der Waals surface area contributed by atoms with Crippen molar-refractivity contribution < 1.29 is 14.6 Å². The van der Waals surface area contributed by atoms with Crippen LogP contribution >= 0.6 is 0 Å². The molecular formula is C19H24N2O3. The lowest BCUT2D eigenvalue weighted by molar-refractivity contribution is -0.117. The summed E-state index contributed by atoms with van der Waals surface area (Å²) in [7, 11) is 1.60. The van der Waals surface area contributed by atoms with E-state index in [9.17, 15) is 9.90 Å². The number of benzene rings is 2. The maximum atomic E-state index is 12.2. The molecule has 2 N–H and O–H groups in total. The van der Waals surface area contributed by atoms with Crippen LogP contribution in [-0.4, -0.2) is 42.7 Å². The number of aliphatic hydroxyl groups excluding tert-OH is 1. The van der Waals surface area contributed by atoms with Crippen molar-refractivity contribution in [3.63, 3.8) is 0 Å². The summed E-state index contributed by atoms with van der Waals surface area (Å²) in [6.07, 6.45) is -0.611. The Morgan fingerprint density at radius 2 is 1.83 bits per heavy atom. The van der Waals surface area contributed by atoms with Gasteiger partial charge in [-0.1, -0.05) is 37.3 Å². The molecule has 0 aliphatic rings. The van der Waals surface area contributed by atoms with E-state index in [2.05, 4.69) is 5.32 Å². The van der Waals surface area contributed by atoms with Crippen LogP contribution in [0.25, 0.3) is 0 Å².